The molecule has 0 aliphatic carbocycles. The fraction of sp³-hybridized carbons (Fsp3) is 0.292. The van der Waals surface area contributed by atoms with E-state index in [9.17, 15) is 4.79 Å². The first kappa shape index (κ1) is 24.8. The summed E-state index contributed by atoms with van der Waals surface area (Å²) in [6.07, 6.45) is 0.857. The van der Waals surface area contributed by atoms with E-state index in [-0.39, 0.29) is 5.91 Å². The van der Waals surface area contributed by atoms with Gasteiger partial charge in [-0.2, -0.15) is 10.2 Å². The molecule has 0 saturated carbocycles. The molecule has 33 heavy (non-hydrogen) atoms. The molecular weight excluding hydrogens is 508 g/mol. The molecular formula is C24H26BrClN4O3. The zero-order valence-corrected chi connectivity index (χ0v) is 21.5. The summed E-state index contributed by atoms with van der Waals surface area (Å²) in [5.41, 5.74) is 7.10. The standard InChI is InChI=1S/C24H26BrClN4O3/c1-14-10-20(26)7-9-21(14)33-17(4)24(31)28-27-12-18-6-8-22(32-5)19(11-18)13-30-16(3)23(25)15(2)29-30/h6-12,17H,13H2,1-5H3,(H,28,31)/b27-12+. The Balaban J connectivity index is 1.67. The third kappa shape index (κ3) is 6.15. The Morgan fingerprint density at radius 1 is 1.24 bits per heavy atom. The highest BCUT2D eigenvalue weighted by atomic mass is 79.9. The molecule has 2 aromatic carbocycles. The molecule has 0 radical (unpaired) electrons. The summed E-state index contributed by atoms with van der Waals surface area (Å²) < 4.78 is 14.1. The monoisotopic (exact) mass is 532 g/mol. The number of aryl methyl sites for hydroxylation is 2. The summed E-state index contributed by atoms with van der Waals surface area (Å²) in [6.45, 7) is 8.04. The van der Waals surface area contributed by atoms with Crippen LogP contribution in [0.5, 0.6) is 11.5 Å². The molecule has 1 amide bonds. The molecule has 0 saturated heterocycles. The van der Waals surface area contributed by atoms with Crippen LogP contribution in [0.2, 0.25) is 5.02 Å². The number of carbonyl (C=O) groups excluding carboxylic acids is 1. The van der Waals surface area contributed by atoms with Crippen molar-refractivity contribution in [1.29, 1.82) is 0 Å². The molecule has 1 heterocycles. The lowest BCUT2D eigenvalue weighted by atomic mass is 10.1. The second-order valence-electron chi connectivity index (χ2n) is 7.62. The van der Waals surface area contributed by atoms with Gasteiger partial charge in [0.2, 0.25) is 0 Å². The van der Waals surface area contributed by atoms with Crippen LogP contribution in [0.15, 0.2) is 46.0 Å². The van der Waals surface area contributed by atoms with Gasteiger partial charge in [0, 0.05) is 10.6 Å². The molecule has 0 aliphatic heterocycles. The third-order valence-corrected chi connectivity index (χ3v) is 6.50. The average molecular weight is 534 g/mol. The zero-order chi connectivity index (χ0) is 24.1. The van der Waals surface area contributed by atoms with Gasteiger partial charge in [-0.15, -0.1) is 0 Å². The summed E-state index contributed by atoms with van der Waals surface area (Å²) in [5, 5.41) is 9.26. The largest absolute Gasteiger partial charge is 0.496 e. The highest BCUT2D eigenvalue weighted by Gasteiger charge is 2.15. The lowest BCUT2D eigenvalue weighted by Gasteiger charge is -2.15. The van der Waals surface area contributed by atoms with E-state index in [0.717, 1.165) is 38.3 Å². The van der Waals surface area contributed by atoms with E-state index < -0.39 is 6.10 Å². The Morgan fingerprint density at radius 2 is 1.97 bits per heavy atom. The van der Waals surface area contributed by atoms with Crippen molar-refractivity contribution in [3.8, 4) is 11.5 Å². The summed E-state index contributed by atoms with van der Waals surface area (Å²) in [7, 11) is 1.63. The Labute approximate surface area is 206 Å². The first-order valence-electron chi connectivity index (χ1n) is 10.3. The van der Waals surface area contributed by atoms with Gasteiger partial charge in [-0.25, -0.2) is 5.43 Å². The molecule has 9 heteroatoms. The van der Waals surface area contributed by atoms with Crippen molar-refractivity contribution in [2.24, 2.45) is 5.10 Å². The minimum absolute atomic E-state index is 0.359. The van der Waals surface area contributed by atoms with Gasteiger partial charge in [0.15, 0.2) is 6.10 Å². The van der Waals surface area contributed by atoms with Crippen LogP contribution in [0.4, 0.5) is 0 Å². The van der Waals surface area contributed by atoms with Crippen molar-refractivity contribution in [2.45, 2.75) is 40.3 Å². The summed E-state index contributed by atoms with van der Waals surface area (Å²) in [6, 6.07) is 10.9. The van der Waals surface area contributed by atoms with Crippen molar-refractivity contribution >= 4 is 39.7 Å². The molecule has 7 nitrogen and oxygen atoms in total. The van der Waals surface area contributed by atoms with Crippen molar-refractivity contribution in [3.05, 3.63) is 74.0 Å². The molecule has 3 rings (SSSR count). The van der Waals surface area contributed by atoms with Gasteiger partial charge in [-0.1, -0.05) is 11.6 Å². The van der Waals surface area contributed by atoms with Crippen LogP contribution >= 0.6 is 27.5 Å². The van der Waals surface area contributed by atoms with Gasteiger partial charge >= 0.3 is 0 Å². The van der Waals surface area contributed by atoms with E-state index in [2.05, 4.69) is 31.6 Å². The zero-order valence-electron chi connectivity index (χ0n) is 19.1. The van der Waals surface area contributed by atoms with Crippen molar-refractivity contribution in [2.75, 3.05) is 7.11 Å². The maximum Gasteiger partial charge on any atom is 0.280 e. The number of benzene rings is 2. The number of carbonyl (C=O) groups is 1. The molecule has 0 fully saturated rings. The van der Waals surface area contributed by atoms with Crippen molar-refractivity contribution < 1.29 is 14.3 Å². The minimum Gasteiger partial charge on any atom is -0.496 e. The van der Waals surface area contributed by atoms with Crippen molar-refractivity contribution in [3.63, 3.8) is 0 Å². The number of rotatable bonds is 8. The lowest BCUT2D eigenvalue weighted by molar-refractivity contribution is -0.127. The number of amides is 1. The van der Waals surface area contributed by atoms with E-state index in [0.29, 0.717) is 17.3 Å². The quantitative estimate of drug-likeness (QED) is 0.319. The second-order valence-corrected chi connectivity index (χ2v) is 8.85. The van der Waals surface area contributed by atoms with Crippen LogP contribution in [0.1, 0.15) is 35.0 Å². The number of hydrogen-bond acceptors (Lipinski definition) is 5. The van der Waals surface area contributed by atoms with E-state index in [4.69, 9.17) is 21.1 Å². The van der Waals surface area contributed by atoms with Gasteiger partial charge in [-0.3, -0.25) is 9.48 Å². The molecule has 0 aliphatic rings. The molecule has 174 valence electrons. The first-order chi connectivity index (χ1) is 15.7. The predicted molar refractivity (Wildman–Crippen MR) is 134 cm³/mol. The predicted octanol–water partition coefficient (Wildman–Crippen LogP) is 5.20. The number of nitrogens with one attached hydrogen (secondary N) is 1. The number of aromatic nitrogens is 2. The number of methoxy groups -OCH3 is 1. The number of hydrazone groups is 1. The molecule has 1 aromatic heterocycles. The summed E-state index contributed by atoms with van der Waals surface area (Å²) in [4.78, 5) is 12.4. The lowest BCUT2D eigenvalue weighted by Crippen LogP contribution is -2.33. The van der Waals surface area contributed by atoms with E-state index in [1.165, 1.54) is 0 Å². The smallest absolute Gasteiger partial charge is 0.280 e. The van der Waals surface area contributed by atoms with E-state index in [1.807, 2.05) is 43.7 Å². The fourth-order valence-electron chi connectivity index (χ4n) is 3.24. The van der Waals surface area contributed by atoms with E-state index in [1.54, 1.807) is 38.4 Å². The maximum atomic E-state index is 12.4. The number of halogens is 2. The van der Waals surface area contributed by atoms with Gasteiger partial charge in [0.1, 0.15) is 11.5 Å². The van der Waals surface area contributed by atoms with Gasteiger partial charge in [0.25, 0.3) is 5.91 Å². The normalized spacial score (nSPS) is 12.1. The average Bonchev–Trinajstić information content (AvgIpc) is 3.02. The topological polar surface area (TPSA) is 77.7 Å². The highest BCUT2D eigenvalue weighted by Crippen LogP contribution is 2.25. The van der Waals surface area contributed by atoms with Crippen LogP contribution < -0.4 is 14.9 Å². The molecule has 1 unspecified atom stereocenters. The number of nitrogens with zero attached hydrogens (tertiary/aromatic N) is 3. The minimum atomic E-state index is -0.724. The SMILES string of the molecule is COc1ccc(/C=N/NC(=O)C(C)Oc2ccc(Cl)cc2C)cc1Cn1nc(C)c(Br)c1C. The van der Waals surface area contributed by atoms with Crippen LogP contribution in [0.3, 0.4) is 0 Å². The number of hydrogen-bond donors (Lipinski definition) is 1. The Kier molecular flexibility index (Phi) is 8.15. The summed E-state index contributed by atoms with van der Waals surface area (Å²) >= 11 is 9.52. The molecule has 3 aromatic rings. The maximum absolute atomic E-state index is 12.4. The van der Waals surface area contributed by atoms with Crippen LogP contribution in [0.25, 0.3) is 0 Å². The Bertz CT molecular complexity index is 1190. The van der Waals surface area contributed by atoms with Crippen LogP contribution in [0, 0.1) is 20.8 Å². The molecule has 1 N–H and O–H groups in total. The summed E-state index contributed by atoms with van der Waals surface area (Å²) in [5.74, 6) is 0.989. The Morgan fingerprint density at radius 3 is 2.61 bits per heavy atom. The first-order valence-corrected chi connectivity index (χ1v) is 11.5. The van der Waals surface area contributed by atoms with Crippen molar-refractivity contribution in [1.82, 2.24) is 15.2 Å². The number of ether oxygens (including phenoxy) is 2. The molecule has 1 atom stereocenters. The Hall–Kier alpha value is -2.84. The molecule has 0 bridgehead atoms. The van der Waals surface area contributed by atoms with Crippen LogP contribution in [-0.4, -0.2) is 35.1 Å². The van der Waals surface area contributed by atoms with Gasteiger partial charge in [-0.05, 0) is 91.1 Å². The van der Waals surface area contributed by atoms with Gasteiger partial charge in [0.05, 0.1) is 35.7 Å². The molecule has 0 spiro atoms. The van der Waals surface area contributed by atoms with E-state index >= 15 is 0 Å². The van der Waals surface area contributed by atoms with Crippen LogP contribution in [-0.2, 0) is 11.3 Å². The third-order valence-electron chi connectivity index (χ3n) is 5.12. The van der Waals surface area contributed by atoms with Gasteiger partial charge < -0.3 is 9.47 Å². The highest BCUT2D eigenvalue weighted by molar-refractivity contribution is 9.10. The fourth-order valence-corrected chi connectivity index (χ4v) is 3.75. The second kappa shape index (κ2) is 10.9.